The van der Waals surface area contributed by atoms with Gasteiger partial charge in [-0.15, -0.1) is 10.2 Å². The van der Waals surface area contributed by atoms with Crippen LogP contribution in [0.4, 0.5) is 5.69 Å². The Morgan fingerprint density at radius 2 is 2.15 bits per heavy atom. The van der Waals surface area contributed by atoms with Crippen molar-refractivity contribution >= 4 is 33.9 Å². The average molecular weight is 375 g/mol. The molecular formula is C18H25N5O2S. The summed E-state index contributed by atoms with van der Waals surface area (Å²) < 4.78 is 5.33. The molecule has 3 N–H and O–H groups in total. The second-order valence-corrected chi connectivity index (χ2v) is 7.05. The number of nitrogens with one attached hydrogen (secondary N) is 2. The van der Waals surface area contributed by atoms with Gasteiger partial charge in [0.1, 0.15) is 0 Å². The van der Waals surface area contributed by atoms with E-state index in [0.717, 1.165) is 43.8 Å². The molecule has 1 saturated heterocycles. The summed E-state index contributed by atoms with van der Waals surface area (Å²) in [5, 5.41) is 22.6. The summed E-state index contributed by atoms with van der Waals surface area (Å²) >= 11 is 5.22. The van der Waals surface area contributed by atoms with E-state index in [9.17, 15) is 5.11 Å². The zero-order chi connectivity index (χ0) is 18.5. The van der Waals surface area contributed by atoms with Crippen LogP contribution in [0.2, 0.25) is 0 Å². The number of hydrogen-bond acceptors (Lipinski definition) is 5. The van der Waals surface area contributed by atoms with E-state index in [2.05, 4.69) is 39.3 Å². The maximum atomic E-state index is 10.1. The second-order valence-electron chi connectivity index (χ2n) is 6.67. The number of morpholine rings is 1. The minimum Gasteiger partial charge on any atom is -0.493 e. The van der Waals surface area contributed by atoms with Gasteiger partial charge in [-0.05, 0) is 35.8 Å². The van der Waals surface area contributed by atoms with Crippen LogP contribution in [0.25, 0.3) is 10.9 Å². The van der Waals surface area contributed by atoms with Gasteiger partial charge in [0.05, 0.1) is 18.7 Å². The number of nitrogens with zero attached hydrogens (tertiary/aromatic N) is 3. The highest BCUT2D eigenvalue weighted by Crippen LogP contribution is 2.36. The molecule has 2 aromatic rings. The number of aromatic hydroxyl groups is 1. The quantitative estimate of drug-likeness (QED) is 0.552. The molecule has 2 heterocycles. The van der Waals surface area contributed by atoms with Crippen molar-refractivity contribution in [3.63, 3.8) is 0 Å². The summed E-state index contributed by atoms with van der Waals surface area (Å²) in [6.45, 7) is 9.29. The van der Waals surface area contributed by atoms with Gasteiger partial charge in [-0.1, -0.05) is 19.9 Å². The van der Waals surface area contributed by atoms with Crippen molar-refractivity contribution < 1.29 is 9.84 Å². The van der Waals surface area contributed by atoms with Crippen LogP contribution in [0, 0.1) is 0 Å². The van der Waals surface area contributed by atoms with Crippen LogP contribution in [-0.2, 0) is 4.74 Å². The zero-order valence-corrected chi connectivity index (χ0v) is 16.0. The molecule has 140 valence electrons. The molecule has 0 saturated carbocycles. The van der Waals surface area contributed by atoms with Gasteiger partial charge in [0.15, 0.2) is 5.69 Å². The third-order valence-corrected chi connectivity index (χ3v) is 4.72. The SMILES string of the molecule is CC(C)c1ccc2[nH]c(O)c(N=NC(=S)NCCN3CCOCC3)c2c1. The summed E-state index contributed by atoms with van der Waals surface area (Å²) in [4.78, 5) is 5.24. The van der Waals surface area contributed by atoms with Crippen molar-refractivity contribution in [2.75, 3.05) is 39.4 Å². The zero-order valence-electron chi connectivity index (χ0n) is 15.2. The third-order valence-electron chi connectivity index (χ3n) is 4.49. The van der Waals surface area contributed by atoms with Crippen molar-refractivity contribution in [3.8, 4) is 5.88 Å². The number of aromatic nitrogens is 1. The molecule has 7 nitrogen and oxygen atoms in total. The first kappa shape index (κ1) is 18.8. The van der Waals surface area contributed by atoms with Gasteiger partial charge in [-0.25, -0.2) is 0 Å². The number of fused-ring (bicyclic) bond motifs is 1. The van der Waals surface area contributed by atoms with Gasteiger partial charge in [0.2, 0.25) is 11.0 Å². The molecule has 0 spiro atoms. The number of ether oxygens (including phenoxy) is 1. The van der Waals surface area contributed by atoms with E-state index in [4.69, 9.17) is 17.0 Å². The smallest absolute Gasteiger partial charge is 0.218 e. The first-order valence-electron chi connectivity index (χ1n) is 8.89. The highest BCUT2D eigenvalue weighted by molar-refractivity contribution is 7.80. The molecule has 3 rings (SSSR count). The van der Waals surface area contributed by atoms with Crippen LogP contribution in [0.1, 0.15) is 25.3 Å². The lowest BCUT2D eigenvalue weighted by Crippen LogP contribution is -2.40. The molecule has 0 amide bonds. The van der Waals surface area contributed by atoms with E-state index >= 15 is 0 Å². The maximum Gasteiger partial charge on any atom is 0.218 e. The molecule has 0 aliphatic carbocycles. The number of azo groups is 1. The van der Waals surface area contributed by atoms with Crippen LogP contribution < -0.4 is 5.32 Å². The number of thiocarbonyl (C=S) groups is 1. The molecule has 0 atom stereocenters. The molecular weight excluding hydrogens is 350 g/mol. The first-order chi connectivity index (χ1) is 12.5. The fourth-order valence-electron chi connectivity index (χ4n) is 2.92. The molecule has 0 radical (unpaired) electrons. The fraction of sp³-hybridized carbons (Fsp3) is 0.500. The number of rotatable bonds is 5. The van der Waals surface area contributed by atoms with E-state index in [1.54, 1.807) is 0 Å². The van der Waals surface area contributed by atoms with E-state index in [1.165, 1.54) is 5.56 Å². The molecule has 1 aromatic carbocycles. The Labute approximate surface area is 158 Å². The second kappa shape index (κ2) is 8.57. The monoisotopic (exact) mass is 375 g/mol. The van der Waals surface area contributed by atoms with Gasteiger partial charge in [-0.2, -0.15) is 0 Å². The van der Waals surface area contributed by atoms with Crippen LogP contribution >= 0.6 is 12.2 Å². The highest BCUT2D eigenvalue weighted by atomic mass is 32.1. The Bertz CT molecular complexity index is 796. The summed E-state index contributed by atoms with van der Waals surface area (Å²) in [6, 6.07) is 6.02. The first-order valence-corrected chi connectivity index (χ1v) is 9.29. The maximum absolute atomic E-state index is 10.1. The van der Waals surface area contributed by atoms with Crippen molar-refractivity contribution in [2.45, 2.75) is 19.8 Å². The predicted molar refractivity (Wildman–Crippen MR) is 106 cm³/mol. The molecule has 1 aliphatic rings. The summed E-state index contributed by atoms with van der Waals surface area (Å²) in [7, 11) is 0. The Hall–Kier alpha value is -2.03. The van der Waals surface area contributed by atoms with Crippen LogP contribution in [-0.4, -0.2) is 59.5 Å². The van der Waals surface area contributed by atoms with Crippen molar-refractivity contribution in [1.29, 1.82) is 0 Å². The topological polar surface area (TPSA) is 85.2 Å². The standard InChI is InChI=1S/C18H25N5O2S/c1-12(2)13-3-4-15-14(11-13)16(17(24)20-15)21-22-18(26)19-5-6-23-7-9-25-10-8-23/h3-4,11-12,20,24H,5-10H2,1-2H3,(H,19,26). The van der Waals surface area contributed by atoms with E-state index in [-0.39, 0.29) is 5.88 Å². The lowest BCUT2D eigenvalue weighted by molar-refractivity contribution is 0.0389. The minimum atomic E-state index is 0.000716. The van der Waals surface area contributed by atoms with E-state index < -0.39 is 0 Å². The average Bonchev–Trinajstić information content (AvgIpc) is 2.95. The van der Waals surface area contributed by atoms with Gasteiger partial charge in [0, 0.05) is 31.6 Å². The summed E-state index contributed by atoms with van der Waals surface area (Å²) in [5.41, 5.74) is 2.42. The van der Waals surface area contributed by atoms with Gasteiger partial charge < -0.3 is 20.1 Å². The molecule has 1 fully saturated rings. The Morgan fingerprint density at radius 1 is 1.38 bits per heavy atom. The number of aromatic amines is 1. The van der Waals surface area contributed by atoms with E-state index in [0.29, 0.717) is 23.3 Å². The van der Waals surface area contributed by atoms with Crippen LogP contribution in [0.5, 0.6) is 5.88 Å². The molecule has 1 aromatic heterocycles. The fourth-order valence-corrected chi connectivity index (χ4v) is 3.06. The molecule has 8 heteroatoms. The normalized spacial score (nSPS) is 16.0. The highest BCUT2D eigenvalue weighted by Gasteiger charge is 2.13. The number of benzene rings is 1. The lowest BCUT2D eigenvalue weighted by atomic mass is 10.0. The van der Waals surface area contributed by atoms with Crippen molar-refractivity contribution in [3.05, 3.63) is 23.8 Å². The van der Waals surface area contributed by atoms with Crippen molar-refractivity contribution in [2.24, 2.45) is 10.2 Å². The number of H-pyrrole nitrogens is 1. The largest absolute Gasteiger partial charge is 0.493 e. The molecule has 0 unspecified atom stereocenters. The van der Waals surface area contributed by atoms with Crippen LogP contribution in [0.15, 0.2) is 28.4 Å². The number of hydrogen-bond donors (Lipinski definition) is 3. The summed E-state index contributed by atoms with van der Waals surface area (Å²) in [5.74, 6) is 0.393. The Kier molecular flexibility index (Phi) is 6.18. The minimum absolute atomic E-state index is 0.000716. The molecule has 0 bridgehead atoms. The third kappa shape index (κ3) is 4.57. The summed E-state index contributed by atoms with van der Waals surface area (Å²) in [6.07, 6.45) is 0. The van der Waals surface area contributed by atoms with E-state index in [1.807, 2.05) is 18.2 Å². The van der Waals surface area contributed by atoms with Crippen LogP contribution in [0.3, 0.4) is 0 Å². The lowest BCUT2D eigenvalue weighted by Gasteiger charge is -2.26. The Balaban J connectivity index is 1.62. The molecule has 26 heavy (non-hydrogen) atoms. The molecule has 1 aliphatic heterocycles. The van der Waals surface area contributed by atoms with Gasteiger partial charge >= 0.3 is 0 Å². The Morgan fingerprint density at radius 3 is 2.88 bits per heavy atom. The van der Waals surface area contributed by atoms with Gasteiger partial charge in [-0.3, -0.25) is 4.90 Å². The van der Waals surface area contributed by atoms with Crippen molar-refractivity contribution in [1.82, 2.24) is 15.2 Å². The predicted octanol–water partition coefficient (Wildman–Crippen LogP) is 3.29. The van der Waals surface area contributed by atoms with Gasteiger partial charge in [0.25, 0.3) is 0 Å².